The molecule has 0 aliphatic carbocycles. The third-order valence-corrected chi connectivity index (χ3v) is 5.39. The van der Waals surface area contributed by atoms with Gasteiger partial charge < -0.3 is 5.32 Å². The molecular weight excluding hydrogens is 372 g/mol. The molecule has 6 heteroatoms. The highest BCUT2D eigenvalue weighted by Crippen LogP contribution is 2.35. The minimum absolute atomic E-state index is 0.0815. The fourth-order valence-corrected chi connectivity index (χ4v) is 3.67. The van der Waals surface area contributed by atoms with Gasteiger partial charge >= 0.3 is 0 Å². The molecule has 0 atom stereocenters. The van der Waals surface area contributed by atoms with E-state index in [2.05, 4.69) is 5.32 Å². The third kappa shape index (κ3) is 4.58. The summed E-state index contributed by atoms with van der Waals surface area (Å²) < 4.78 is 0. The fourth-order valence-electron chi connectivity index (χ4n) is 2.77. The lowest BCUT2D eigenvalue weighted by Gasteiger charge is -2.10. The first-order chi connectivity index (χ1) is 13.5. The summed E-state index contributed by atoms with van der Waals surface area (Å²) in [6, 6.07) is 19.9. The highest BCUT2D eigenvalue weighted by Gasteiger charge is 2.19. The number of benzene rings is 3. The van der Waals surface area contributed by atoms with Crippen molar-refractivity contribution in [2.75, 3.05) is 5.32 Å². The smallest absolute Gasteiger partial charge is 0.284 e. The van der Waals surface area contributed by atoms with Crippen molar-refractivity contribution >= 4 is 29.0 Å². The second-order valence-electron chi connectivity index (χ2n) is 6.32. The Hall–Kier alpha value is -3.12. The molecule has 0 spiro atoms. The summed E-state index contributed by atoms with van der Waals surface area (Å²) >= 11 is 1.31. The van der Waals surface area contributed by atoms with Crippen LogP contribution in [-0.2, 0) is 6.42 Å². The lowest BCUT2D eigenvalue weighted by molar-refractivity contribution is -0.387. The van der Waals surface area contributed by atoms with Crippen LogP contribution in [0.15, 0.2) is 76.5 Å². The Morgan fingerprint density at radius 3 is 2.46 bits per heavy atom. The number of hydrogen-bond acceptors (Lipinski definition) is 4. The summed E-state index contributed by atoms with van der Waals surface area (Å²) in [5.74, 6) is -0.365. The zero-order valence-corrected chi connectivity index (χ0v) is 16.5. The number of para-hydroxylation sites is 1. The van der Waals surface area contributed by atoms with Crippen LogP contribution in [0.25, 0.3) is 0 Å². The Morgan fingerprint density at radius 1 is 1.07 bits per heavy atom. The molecule has 0 radical (unpaired) electrons. The monoisotopic (exact) mass is 392 g/mol. The number of rotatable bonds is 6. The molecule has 0 heterocycles. The summed E-state index contributed by atoms with van der Waals surface area (Å²) in [7, 11) is 0. The maximum Gasteiger partial charge on any atom is 0.284 e. The van der Waals surface area contributed by atoms with E-state index in [0.29, 0.717) is 4.90 Å². The number of hydrogen-bond donors (Lipinski definition) is 1. The molecule has 28 heavy (non-hydrogen) atoms. The van der Waals surface area contributed by atoms with Gasteiger partial charge in [0.1, 0.15) is 0 Å². The number of nitro benzene ring substituents is 1. The van der Waals surface area contributed by atoms with Gasteiger partial charge in [0.05, 0.1) is 9.82 Å². The van der Waals surface area contributed by atoms with E-state index < -0.39 is 4.92 Å². The molecule has 3 rings (SSSR count). The first-order valence-electron chi connectivity index (χ1n) is 8.90. The lowest BCUT2D eigenvalue weighted by Crippen LogP contribution is -2.13. The lowest BCUT2D eigenvalue weighted by atomic mass is 10.1. The van der Waals surface area contributed by atoms with E-state index in [1.165, 1.54) is 17.8 Å². The van der Waals surface area contributed by atoms with Gasteiger partial charge in [0.15, 0.2) is 0 Å². The molecule has 0 saturated heterocycles. The summed E-state index contributed by atoms with van der Waals surface area (Å²) in [5.41, 5.74) is 3.03. The zero-order chi connectivity index (χ0) is 20.1. The molecule has 0 aliphatic rings. The second-order valence-corrected chi connectivity index (χ2v) is 7.43. The number of nitro groups is 1. The fraction of sp³-hybridized carbons (Fsp3) is 0.136. The Balaban J connectivity index is 1.86. The van der Waals surface area contributed by atoms with Gasteiger partial charge in [0, 0.05) is 22.2 Å². The van der Waals surface area contributed by atoms with Crippen LogP contribution in [0.3, 0.4) is 0 Å². The van der Waals surface area contributed by atoms with Crippen LogP contribution in [0, 0.1) is 17.0 Å². The van der Waals surface area contributed by atoms with Gasteiger partial charge in [0.2, 0.25) is 0 Å². The van der Waals surface area contributed by atoms with Crippen LogP contribution in [0.2, 0.25) is 0 Å². The van der Waals surface area contributed by atoms with Crippen LogP contribution in [0.4, 0.5) is 11.4 Å². The Morgan fingerprint density at radius 2 is 1.79 bits per heavy atom. The molecule has 1 amide bonds. The number of nitrogens with one attached hydrogen (secondary N) is 1. The van der Waals surface area contributed by atoms with Crippen molar-refractivity contribution in [1.29, 1.82) is 0 Å². The molecule has 3 aromatic rings. The topological polar surface area (TPSA) is 72.2 Å². The van der Waals surface area contributed by atoms with Crippen molar-refractivity contribution < 1.29 is 9.72 Å². The summed E-state index contributed by atoms with van der Waals surface area (Å²) in [6.45, 7) is 3.99. The Kier molecular flexibility index (Phi) is 6.11. The predicted octanol–water partition coefficient (Wildman–Crippen LogP) is 5.87. The van der Waals surface area contributed by atoms with Gasteiger partial charge in [-0.05, 0) is 49.2 Å². The molecule has 0 saturated carbocycles. The van der Waals surface area contributed by atoms with Crippen molar-refractivity contribution in [3.63, 3.8) is 0 Å². The van der Waals surface area contributed by atoms with Crippen molar-refractivity contribution in [3.05, 3.63) is 93.5 Å². The van der Waals surface area contributed by atoms with Crippen molar-refractivity contribution in [3.8, 4) is 0 Å². The number of carbonyl (C=O) groups is 1. The number of nitrogens with zero attached hydrogens (tertiary/aromatic N) is 1. The van der Waals surface area contributed by atoms with Crippen LogP contribution in [0.5, 0.6) is 0 Å². The standard InChI is InChI=1S/C22H20N2O3S/c1-3-16-6-4-5-7-19(16)23-22(25)17-10-13-21(20(14-17)24(26)27)28-18-11-8-15(2)9-12-18/h4-14H,3H2,1-2H3,(H,23,25). The van der Waals surface area contributed by atoms with E-state index in [1.54, 1.807) is 12.1 Å². The average molecular weight is 392 g/mol. The minimum Gasteiger partial charge on any atom is -0.322 e. The molecule has 142 valence electrons. The first-order valence-corrected chi connectivity index (χ1v) is 9.72. The number of amides is 1. The third-order valence-electron chi connectivity index (χ3n) is 4.31. The second kappa shape index (κ2) is 8.71. The van der Waals surface area contributed by atoms with Gasteiger partial charge in [-0.3, -0.25) is 14.9 Å². The van der Waals surface area contributed by atoms with Gasteiger partial charge in [-0.15, -0.1) is 0 Å². The van der Waals surface area contributed by atoms with Crippen molar-refractivity contribution in [2.24, 2.45) is 0 Å². The number of carbonyl (C=O) groups excluding carboxylic acids is 1. The SMILES string of the molecule is CCc1ccccc1NC(=O)c1ccc(Sc2ccc(C)cc2)c([N+](=O)[O-])c1. The highest BCUT2D eigenvalue weighted by molar-refractivity contribution is 7.99. The molecule has 0 unspecified atom stereocenters. The number of aryl methyl sites for hydroxylation is 2. The average Bonchev–Trinajstić information content (AvgIpc) is 2.70. The van der Waals surface area contributed by atoms with E-state index >= 15 is 0 Å². The molecule has 0 fully saturated rings. The minimum atomic E-state index is -0.451. The van der Waals surface area contributed by atoms with Crippen LogP contribution in [0.1, 0.15) is 28.4 Å². The molecule has 3 aromatic carbocycles. The summed E-state index contributed by atoms with van der Waals surface area (Å²) in [4.78, 5) is 25.1. The Labute approximate surface area is 167 Å². The van der Waals surface area contributed by atoms with Gasteiger partial charge in [-0.25, -0.2) is 0 Å². The molecule has 1 N–H and O–H groups in total. The highest BCUT2D eigenvalue weighted by atomic mass is 32.2. The number of anilines is 1. The maximum absolute atomic E-state index is 12.6. The molecule has 5 nitrogen and oxygen atoms in total. The van der Waals surface area contributed by atoms with E-state index in [-0.39, 0.29) is 17.2 Å². The van der Waals surface area contributed by atoms with E-state index in [4.69, 9.17) is 0 Å². The maximum atomic E-state index is 12.6. The van der Waals surface area contributed by atoms with Gasteiger partial charge in [-0.2, -0.15) is 0 Å². The van der Waals surface area contributed by atoms with E-state index in [1.807, 2.05) is 62.4 Å². The molecule has 0 bridgehead atoms. The largest absolute Gasteiger partial charge is 0.322 e. The van der Waals surface area contributed by atoms with Gasteiger partial charge in [0.25, 0.3) is 11.6 Å². The van der Waals surface area contributed by atoms with Gasteiger partial charge in [-0.1, -0.05) is 54.6 Å². The summed E-state index contributed by atoms with van der Waals surface area (Å²) in [6.07, 6.45) is 0.780. The molecule has 0 aliphatic heterocycles. The zero-order valence-electron chi connectivity index (χ0n) is 15.6. The van der Waals surface area contributed by atoms with Crippen molar-refractivity contribution in [2.45, 2.75) is 30.1 Å². The van der Waals surface area contributed by atoms with Crippen molar-refractivity contribution in [1.82, 2.24) is 0 Å². The molecule has 0 aromatic heterocycles. The summed E-state index contributed by atoms with van der Waals surface area (Å²) in [5, 5.41) is 14.4. The molecular formula is C22H20N2O3S. The van der Waals surface area contributed by atoms with Crippen LogP contribution >= 0.6 is 11.8 Å². The van der Waals surface area contributed by atoms with Crippen LogP contribution in [-0.4, -0.2) is 10.8 Å². The van der Waals surface area contributed by atoms with Crippen LogP contribution < -0.4 is 5.32 Å². The first kappa shape index (κ1) is 19.6. The normalized spacial score (nSPS) is 10.5. The predicted molar refractivity (Wildman–Crippen MR) is 112 cm³/mol. The van der Waals surface area contributed by atoms with E-state index in [0.717, 1.165) is 28.1 Å². The Bertz CT molecular complexity index is 1020. The van der Waals surface area contributed by atoms with E-state index in [9.17, 15) is 14.9 Å². The quantitative estimate of drug-likeness (QED) is 0.421.